The van der Waals surface area contributed by atoms with Crippen LogP contribution in [0.4, 0.5) is 0 Å². The lowest BCUT2D eigenvalue weighted by Crippen LogP contribution is -2.50. The van der Waals surface area contributed by atoms with E-state index in [0.717, 1.165) is 24.8 Å². The molecular weight excluding hydrogens is 416 g/mol. The summed E-state index contributed by atoms with van der Waals surface area (Å²) in [5, 5.41) is 4.30. The summed E-state index contributed by atoms with van der Waals surface area (Å²) in [5.41, 5.74) is 4.27. The Morgan fingerprint density at radius 2 is 1.88 bits per heavy atom. The largest absolute Gasteiger partial charge is 0.276 e. The molecule has 4 rings (SSSR count). The number of hydrogen-bond acceptors (Lipinski definition) is 3. The minimum atomic E-state index is -3.65. The van der Waals surface area contributed by atoms with Crippen LogP contribution < -0.4 is 4.83 Å². The molecule has 32 heavy (non-hydrogen) atoms. The van der Waals surface area contributed by atoms with Crippen molar-refractivity contribution in [2.24, 2.45) is 33.7 Å². The maximum Gasteiger partial charge on any atom is 0.276 e. The van der Waals surface area contributed by atoms with Crippen LogP contribution in [0, 0.1) is 35.5 Å². The van der Waals surface area contributed by atoms with E-state index in [2.05, 4.69) is 49.8 Å². The second kappa shape index (κ2) is 8.48. The lowest BCUT2D eigenvalue weighted by molar-refractivity contribution is -0.0126. The van der Waals surface area contributed by atoms with Crippen molar-refractivity contribution in [1.29, 1.82) is 0 Å². The molecular formula is C27H38N2O2S. The monoisotopic (exact) mass is 454 g/mol. The first-order valence-corrected chi connectivity index (χ1v) is 13.6. The van der Waals surface area contributed by atoms with Crippen molar-refractivity contribution in [3.05, 3.63) is 53.1 Å². The molecule has 5 heteroatoms. The third kappa shape index (κ3) is 4.21. The Hall–Kier alpha value is -1.88. The van der Waals surface area contributed by atoms with E-state index in [1.165, 1.54) is 19.3 Å². The number of fused-ring (bicyclic) bond motifs is 3. The zero-order chi connectivity index (χ0) is 23.1. The van der Waals surface area contributed by atoms with Gasteiger partial charge in [-0.25, -0.2) is 4.83 Å². The van der Waals surface area contributed by atoms with Crippen LogP contribution in [0.2, 0.25) is 0 Å². The summed E-state index contributed by atoms with van der Waals surface area (Å²) in [6.45, 7) is 11.3. The van der Waals surface area contributed by atoms with Crippen molar-refractivity contribution in [3.8, 4) is 0 Å². The van der Waals surface area contributed by atoms with Gasteiger partial charge in [0.25, 0.3) is 10.0 Å². The van der Waals surface area contributed by atoms with Crippen molar-refractivity contribution < 1.29 is 8.42 Å². The van der Waals surface area contributed by atoms with Gasteiger partial charge >= 0.3 is 0 Å². The molecule has 3 aliphatic carbocycles. The zero-order valence-electron chi connectivity index (χ0n) is 20.2. The van der Waals surface area contributed by atoms with Crippen molar-refractivity contribution in [3.63, 3.8) is 0 Å². The second-order valence-electron chi connectivity index (χ2n) is 11.0. The van der Waals surface area contributed by atoms with E-state index < -0.39 is 10.0 Å². The van der Waals surface area contributed by atoms with E-state index in [-0.39, 0.29) is 15.7 Å². The first-order valence-electron chi connectivity index (χ1n) is 12.1. The molecule has 0 amide bonds. The number of aryl methyl sites for hydroxylation is 1. The first-order chi connectivity index (χ1) is 15.1. The summed E-state index contributed by atoms with van der Waals surface area (Å²) in [6, 6.07) is 6.87. The fourth-order valence-corrected chi connectivity index (χ4v) is 7.35. The van der Waals surface area contributed by atoms with E-state index in [4.69, 9.17) is 0 Å². The van der Waals surface area contributed by atoms with Gasteiger partial charge in [-0.1, -0.05) is 69.5 Å². The van der Waals surface area contributed by atoms with Crippen LogP contribution in [0.1, 0.15) is 71.8 Å². The van der Waals surface area contributed by atoms with Crippen LogP contribution in [0.25, 0.3) is 0 Å². The SMILES string of the molecule is Cc1ccc(S(=O)(=O)N/N=C/[C@]2(C)CCC[C@@]3(C)[C@H]2CC=C2C=C(C(C)C)CC[C@@H]23)cc1. The summed E-state index contributed by atoms with van der Waals surface area (Å²) in [6.07, 6.45) is 13.8. The summed E-state index contributed by atoms with van der Waals surface area (Å²) in [5.74, 6) is 1.69. The fraction of sp³-hybridized carbons (Fsp3) is 0.593. The number of hydrazone groups is 1. The molecule has 0 heterocycles. The molecule has 1 fully saturated rings. The lowest BCUT2D eigenvalue weighted by atomic mass is 9.47. The minimum Gasteiger partial charge on any atom is -0.200 e. The van der Waals surface area contributed by atoms with Gasteiger partial charge in [-0.15, -0.1) is 0 Å². The van der Waals surface area contributed by atoms with Crippen molar-refractivity contribution in [2.75, 3.05) is 0 Å². The standard InChI is InChI=1S/C27H38N2O2S/c1-19(2)21-9-13-24-22(17-21)10-14-25-26(4,15-6-16-27(24,25)5)18-28-29-32(30,31)23-11-7-20(3)8-12-23/h7-8,10-12,17-19,24-25,29H,6,9,13-16H2,1-5H3/b28-18+/t24-,25-,26-,27+/m0/s1. The van der Waals surface area contributed by atoms with E-state index in [0.29, 0.717) is 17.8 Å². The Balaban J connectivity index is 1.56. The number of rotatable bonds is 5. The van der Waals surface area contributed by atoms with Gasteiger partial charge in [-0.05, 0) is 79.9 Å². The van der Waals surface area contributed by atoms with Crippen molar-refractivity contribution in [2.45, 2.75) is 78.0 Å². The maximum absolute atomic E-state index is 12.7. The van der Waals surface area contributed by atoms with Crippen molar-refractivity contribution >= 4 is 16.2 Å². The normalized spacial score (nSPS) is 32.8. The van der Waals surface area contributed by atoms with E-state index in [9.17, 15) is 8.42 Å². The first kappa shape index (κ1) is 23.3. The van der Waals surface area contributed by atoms with Crippen LogP contribution in [-0.4, -0.2) is 14.6 Å². The van der Waals surface area contributed by atoms with Crippen molar-refractivity contribution in [1.82, 2.24) is 4.83 Å². The third-order valence-electron chi connectivity index (χ3n) is 8.49. The molecule has 0 radical (unpaired) electrons. The summed E-state index contributed by atoms with van der Waals surface area (Å²) >= 11 is 0. The smallest absolute Gasteiger partial charge is 0.200 e. The molecule has 0 aliphatic heterocycles. The highest BCUT2D eigenvalue weighted by atomic mass is 32.2. The number of hydrogen-bond donors (Lipinski definition) is 1. The lowest BCUT2D eigenvalue weighted by Gasteiger charge is -2.57. The molecule has 0 spiro atoms. The topological polar surface area (TPSA) is 58.5 Å². The van der Waals surface area contributed by atoms with Crippen LogP contribution in [0.5, 0.6) is 0 Å². The van der Waals surface area contributed by atoms with E-state index in [1.54, 1.807) is 35.4 Å². The molecule has 0 aromatic heterocycles. The van der Waals surface area contributed by atoms with Gasteiger partial charge < -0.3 is 0 Å². The molecule has 1 saturated carbocycles. The highest BCUT2D eigenvalue weighted by Crippen LogP contribution is 2.61. The molecule has 4 nitrogen and oxygen atoms in total. The predicted molar refractivity (Wildman–Crippen MR) is 132 cm³/mol. The average molecular weight is 455 g/mol. The van der Waals surface area contributed by atoms with Crippen LogP contribution >= 0.6 is 0 Å². The number of nitrogens with zero attached hydrogens (tertiary/aromatic N) is 1. The fourth-order valence-electron chi connectivity index (χ4n) is 6.56. The maximum atomic E-state index is 12.7. The Bertz CT molecular complexity index is 1050. The molecule has 0 unspecified atom stereocenters. The average Bonchev–Trinajstić information content (AvgIpc) is 2.73. The molecule has 1 N–H and O–H groups in total. The van der Waals surface area contributed by atoms with Crippen LogP contribution in [0.15, 0.2) is 57.6 Å². The molecule has 174 valence electrons. The summed E-state index contributed by atoms with van der Waals surface area (Å²) in [7, 11) is -3.65. The Morgan fingerprint density at radius 1 is 1.16 bits per heavy atom. The Kier molecular flexibility index (Phi) is 6.17. The highest BCUT2D eigenvalue weighted by molar-refractivity contribution is 7.89. The molecule has 0 saturated heterocycles. The van der Waals surface area contributed by atoms with Crippen LogP contribution in [-0.2, 0) is 10.0 Å². The van der Waals surface area contributed by atoms with Gasteiger partial charge in [0.1, 0.15) is 0 Å². The van der Waals surface area contributed by atoms with Gasteiger partial charge in [0.05, 0.1) is 4.90 Å². The highest BCUT2D eigenvalue weighted by Gasteiger charge is 2.53. The van der Waals surface area contributed by atoms with Gasteiger partial charge in [-0.2, -0.15) is 13.5 Å². The van der Waals surface area contributed by atoms with Gasteiger partial charge in [-0.3, -0.25) is 0 Å². The molecule has 0 bridgehead atoms. The Morgan fingerprint density at radius 3 is 2.56 bits per heavy atom. The molecule has 1 aromatic carbocycles. The second-order valence-corrected chi connectivity index (χ2v) is 12.6. The van der Waals surface area contributed by atoms with E-state index in [1.807, 2.05) is 13.1 Å². The number of sulfonamides is 1. The van der Waals surface area contributed by atoms with E-state index >= 15 is 0 Å². The predicted octanol–water partition coefficient (Wildman–Crippen LogP) is 6.39. The number of benzene rings is 1. The molecule has 1 aromatic rings. The molecule has 3 aliphatic rings. The van der Waals surface area contributed by atoms with Gasteiger partial charge in [0.2, 0.25) is 0 Å². The quantitative estimate of drug-likeness (QED) is 0.414. The molecule has 4 atom stereocenters. The van der Waals surface area contributed by atoms with Gasteiger partial charge in [0.15, 0.2) is 0 Å². The summed E-state index contributed by atoms with van der Waals surface area (Å²) < 4.78 is 25.3. The summed E-state index contributed by atoms with van der Waals surface area (Å²) in [4.78, 5) is 2.72. The van der Waals surface area contributed by atoms with Gasteiger partial charge in [0, 0.05) is 11.6 Å². The van der Waals surface area contributed by atoms with Crippen LogP contribution in [0.3, 0.4) is 0 Å². The zero-order valence-corrected chi connectivity index (χ0v) is 21.0. The number of nitrogens with one attached hydrogen (secondary N) is 1. The number of allylic oxidation sites excluding steroid dienone is 4. The third-order valence-corrected chi connectivity index (χ3v) is 9.73. The Labute approximate surface area is 194 Å². The minimum absolute atomic E-state index is 0.118.